The number of carbonyl (C=O) groups excluding carboxylic acids is 2. The van der Waals surface area contributed by atoms with Crippen LogP contribution in [0.5, 0.6) is 0 Å². The van der Waals surface area contributed by atoms with Crippen LogP contribution in [0.25, 0.3) is 0 Å². The molecule has 6 heteroatoms. The van der Waals surface area contributed by atoms with E-state index in [1.165, 1.54) is 218 Å². The van der Waals surface area contributed by atoms with Crippen molar-refractivity contribution in [3.8, 4) is 0 Å². The molecule has 0 bridgehead atoms. The third-order valence-electron chi connectivity index (χ3n) is 13.9. The van der Waals surface area contributed by atoms with Crippen LogP contribution in [0.15, 0.2) is 36.5 Å². The van der Waals surface area contributed by atoms with Crippen molar-refractivity contribution < 1.29 is 24.5 Å². The zero-order valence-corrected chi connectivity index (χ0v) is 45.6. The monoisotopic (exact) mass is 956 g/mol. The topological polar surface area (TPSA) is 95.9 Å². The maximum atomic E-state index is 12.5. The summed E-state index contributed by atoms with van der Waals surface area (Å²) in [6, 6.07) is -0.655. The molecule has 6 nitrogen and oxygen atoms in total. The Hall–Kier alpha value is -1.92. The molecule has 0 aromatic rings. The average molecular weight is 957 g/mol. The van der Waals surface area contributed by atoms with Crippen molar-refractivity contribution in [1.29, 1.82) is 0 Å². The van der Waals surface area contributed by atoms with Gasteiger partial charge in [0.1, 0.15) is 0 Å². The van der Waals surface area contributed by atoms with Gasteiger partial charge in [0.15, 0.2) is 0 Å². The summed E-state index contributed by atoms with van der Waals surface area (Å²) >= 11 is 0. The van der Waals surface area contributed by atoms with Gasteiger partial charge < -0.3 is 20.3 Å². The molecular formula is C62H117NO5. The van der Waals surface area contributed by atoms with Crippen molar-refractivity contribution in [3.63, 3.8) is 0 Å². The van der Waals surface area contributed by atoms with E-state index in [0.29, 0.717) is 19.4 Å². The molecular weight excluding hydrogens is 839 g/mol. The number of amides is 1. The van der Waals surface area contributed by atoms with Crippen LogP contribution >= 0.6 is 0 Å². The minimum absolute atomic E-state index is 0.0384. The molecule has 0 saturated carbocycles. The highest BCUT2D eigenvalue weighted by molar-refractivity contribution is 5.76. The van der Waals surface area contributed by atoms with Crippen LogP contribution in [0.3, 0.4) is 0 Å². The molecule has 0 spiro atoms. The number of allylic oxidation sites excluding steroid dienone is 5. The molecule has 2 atom stereocenters. The van der Waals surface area contributed by atoms with E-state index in [0.717, 1.165) is 77.0 Å². The first-order chi connectivity index (χ1) is 33.5. The largest absolute Gasteiger partial charge is 0.466 e. The second-order valence-corrected chi connectivity index (χ2v) is 20.7. The van der Waals surface area contributed by atoms with Crippen molar-refractivity contribution in [3.05, 3.63) is 36.5 Å². The maximum absolute atomic E-state index is 12.5. The summed E-state index contributed by atoms with van der Waals surface area (Å²) in [5.74, 6) is -0.140. The van der Waals surface area contributed by atoms with E-state index in [4.69, 9.17) is 4.74 Å². The van der Waals surface area contributed by atoms with Crippen molar-refractivity contribution >= 4 is 11.9 Å². The van der Waals surface area contributed by atoms with Crippen LogP contribution in [0, 0.1) is 0 Å². The molecule has 0 saturated heterocycles. The average Bonchev–Trinajstić information content (AvgIpc) is 3.34. The third kappa shape index (κ3) is 53.4. The molecule has 68 heavy (non-hydrogen) atoms. The Bertz CT molecular complexity index is 1100. The van der Waals surface area contributed by atoms with E-state index in [1.54, 1.807) is 6.08 Å². The number of hydrogen-bond acceptors (Lipinski definition) is 5. The van der Waals surface area contributed by atoms with Gasteiger partial charge in [-0.1, -0.05) is 262 Å². The fraction of sp³-hybridized carbons (Fsp3) is 0.871. The standard InChI is InChI=1S/C62H117NO5/c1-3-5-7-9-11-13-15-17-19-21-23-24-25-27-28-30-32-34-38-42-46-50-54-60(65)59(58-64)63-61(66)55-51-47-43-39-36-37-41-45-49-53-57-68-62(67)56-52-48-44-40-35-33-31-29-26-22-20-18-16-14-12-10-8-6-4-2/h18,20,37,41,50,54,59-60,64-65H,3-17,19,21-36,38-40,42-49,51-53,55-58H2,1-2H3,(H,63,66)/b20-18-,41-37-,54-50+. The third-order valence-corrected chi connectivity index (χ3v) is 13.9. The van der Waals surface area contributed by atoms with Gasteiger partial charge in [-0.05, 0) is 83.5 Å². The molecule has 400 valence electrons. The van der Waals surface area contributed by atoms with Gasteiger partial charge in [0.05, 0.1) is 25.4 Å². The second-order valence-electron chi connectivity index (χ2n) is 20.7. The Morgan fingerprint density at radius 3 is 1.04 bits per heavy atom. The molecule has 1 amide bonds. The number of esters is 1. The first kappa shape index (κ1) is 66.1. The molecule has 0 fully saturated rings. The van der Waals surface area contributed by atoms with Crippen molar-refractivity contribution in [2.24, 2.45) is 0 Å². The highest BCUT2D eigenvalue weighted by Crippen LogP contribution is 2.17. The van der Waals surface area contributed by atoms with E-state index >= 15 is 0 Å². The van der Waals surface area contributed by atoms with Crippen molar-refractivity contribution in [1.82, 2.24) is 5.32 Å². The fourth-order valence-electron chi connectivity index (χ4n) is 9.21. The molecule has 0 aliphatic heterocycles. The zero-order chi connectivity index (χ0) is 49.3. The SMILES string of the molecule is CCCCCCCC/C=C\CCCCCCCCCCCC(=O)OCCCC/C=C\CCCCCCC(=O)NC(CO)C(O)/C=C/CCCCCCCCCCCCCCCCCCCCCC. The summed E-state index contributed by atoms with van der Waals surface area (Å²) in [7, 11) is 0. The Morgan fingerprint density at radius 2 is 0.691 bits per heavy atom. The van der Waals surface area contributed by atoms with Crippen molar-refractivity contribution in [2.45, 2.75) is 334 Å². The molecule has 0 aromatic carbocycles. The van der Waals surface area contributed by atoms with Gasteiger partial charge >= 0.3 is 5.97 Å². The van der Waals surface area contributed by atoms with Gasteiger partial charge in [0, 0.05) is 12.8 Å². The van der Waals surface area contributed by atoms with Crippen LogP contribution in [-0.4, -0.2) is 47.4 Å². The van der Waals surface area contributed by atoms with Gasteiger partial charge in [0.2, 0.25) is 5.91 Å². The van der Waals surface area contributed by atoms with Crippen LogP contribution < -0.4 is 5.32 Å². The number of rotatable bonds is 56. The van der Waals surface area contributed by atoms with Crippen LogP contribution in [0.4, 0.5) is 0 Å². The molecule has 2 unspecified atom stereocenters. The Morgan fingerprint density at radius 1 is 0.397 bits per heavy atom. The number of nitrogens with one attached hydrogen (secondary N) is 1. The molecule has 0 aromatic heterocycles. The normalized spacial score (nSPS) is 12.8. The number of aliphatic hydroxyl groups is 2. The van der Waals surface area contributed by atoms with Crippen molar-refractivity contribution in [2.75, 3.05) is 13.2 Å². The predicted octanol–water partition coefficient (Wildman–Crippen LogP) is 18.8. The minimum atomic E-state index is -0.868. The lowest BCUT2D eigenvalue weighted by Crippen LogP contribution is -2.45. The number of ether oxygens (including phenoxy) is 1. The van der Waals surface area contributed by atoms with E-state index in [9.17, 15) is 19.8 Å². The van der Waals surface area contributed by atoms with Gasteiger partial charge in [-0.2, -0.15) is 0 Å². The fourth-order valence-corrected chi connectivity index (χ4v) is 9.21. The smallest absolute Gasteiger partial charge is 0.305 e. The lowest BCUT2D eigenvalue weighted by Gasteiger charge is -2.20. The lowest BCUT2D eigenvalue weighted by atomic mass is 10.0. The zero-order valence-electron chi connectivity index (χ0n) is 45.6. The maximum Gasteiger partial charge on any atom is 0.305 e. The van der Waals surface area contributed by atoms with Crippen LogP contribution in [-0.2, 0) is 14.3 Å². The van der Waals surface area contributed by atoms with Crippen LogP contribution in [0.1, 0.15) is 322 Å². The summed E-state index contributed by atoms with van der Waals surface area (Å²) < 4.78 is 5.45. The summed E-state index contributed by atoms with van der Waals surface area (Å²) in [5.41, 5.74) is 0. The molecule has 0 rings (SSSR count). The van der Waals surface area contributed by atoms with Crippen LogP contribution in [0.2, 0.25) is 0 Å². The van der Waals surface area contributed by atoms with E-state index in [2.05, 4.69) is 43.5 Å². The number of unbranched alkanes of at least 4 members (excludes halogenated alkanes) is 41. The molecule has 0 radical (unpaired) electrons. The first-order valence-electron chi connectivity index (χ1n) is 30.3. The van der Waals surface area contributed by atoms with E-state index in [1.807, 2.05) is 6.08 Å². The number of carbonyl (C=O) groups is 2. The Balaban J connectivity index is 3.53. The summed E-state index contributed by atoms with van der Waals surface area (Å²) in [6.07, 6.45) is 71.8. The Labute approximate surface area is 424 Å². The molecule has 0 aliphatic rings. The minimum Gasteiger partial charge on any atom is -0.466 e. The van der Waals surface area contributed by atoms with Gasteiger partial charge in [-0.3, -0.25) is 9.59 Å². The highest BCUT2D eigenvalue weighted by Gasteiger charge is 2.18. The predicted molar refractivity (Wildman–Crippen MR) is 296 cm³/mol. The quantitative estimate of drug-likeness (QED) is 0.0321. The van der Waals surface area contributed by atoms with E-state index < -0.39 is 12.1 Å². The molecule has 3 N–H and O–H groups in total. The van der Waals surface area contributed by atoms with Gasteiger partial charge in [-0.25, -0.2) is 0 Å². The first-order valence-corrected chi connectivity index (χ1v) is 30.3. The highest BCUT2D eigenvalue weighted by atomic mass is 16.5. The summed E-state index contributed by atoms with van der Waals surface area (Å²) in [4.78, 5) is 24.6. The molecule has 0 aliphatic carbocycles. The Kier molecular flexibility index (Phi) is 56.0. The van der Waals surface area contributed by atoms with E-state index in [-0.39, 0.29) is 18.5 Å². The number of hydrogen-bond donors (Lipinski definition) is 3. The van der Waals surface area contributed by atoms with Gasteiger partial charge in [-0.15, -0.1) is 0 Å². The summed E-state index contributed by atoms with van der Waals surface area (Å²) in [5, 5.41) is 23.2. The van der Waals surface area contributed by atoms with Gasteiger partial charge in [0.25, 0.3) is 0 Å². The number of aliphatic hydroxyl groups excluding tert-OH is 2. The molecule has 0 heterocycles. The second kappa shape index (κ2) is 57.7. The lowest BCUT2D eigenvalue weighted by molar-refractivity contribution is -0.143. The summed E-state index contributed by atoms with van der Waals surface area (Å²) in [6.45, 7) is 4.83.